The van der Waals surface area contributed by atoms with Gasteiger partial charge in [0.15, 0.2) is 0 Å². The Morgan fingerprint density at radius 1 is 1.55 bits per heavy atom. The Hall–Kier alpha value is -0.410. The Kier molecular flexibility index (Phi) is 6.07. The van der Waals surface area contributed by atoms with E-state index in [0.717, 1.165) is 19.5 Å². The van der Waals surface area contributed by atoms with Gasteiger partial charge >= 0.3 is 0 Å². The normalized spacial score (nSPS) is 13.0. The predicted molar refractivity (Wildman–Crippen MR) is 46.7 cm³/mol. The molecule has 2 N–H and O–H groups in total. The van der Waals surface area contributed by atoms with Crippen molar-refractivity contribution in [2.75, 3.05) is 20.1 Å². The second-order valence-electron chi connectivity index (χ2n) is 2.61. The van der Waals surface area contributed by atoms with Crippen LogP contribution in [0.3, 0.4) is 0 Å². The van der Waals surface area contributed by atoms with E-state index in [1.54, 1.807) is 6.92 Å². The third-order valence-electron chi connectivity index (χ3n) is 1.62. The van der Waals surface area contributed by atoms with Crippen LogP contribution < -0.4 is 10.6 Å². The number of hydrogen-bond acceptors (Lipinski definition) is 3. The monoisotopic (exact) mass is 158 g/mol. The topological polar surface area (TPSA) is 41.1 Å². The molecule has 0 aliphatic heterocycles. The van der Waals surface area contributed by atoms with E-state index >= 15 is 0 Å². The maximum absolute atomic E-state index is 10.9. The van der Waals surface area contributed by atoms with Gasteiger partial charge in [-0.2, -0.15) is 0 Å². The molecule has 0 amide bonds. The first-order valence-corrected chi connectivity index (χ1v) is 4.10. The first-order valence-electron chi connectivity index (χ1n) is 4.10. The predicted octanol–water partition coefficient (Wildman–Crippen LogP) is 0.163. The van der Waals surface area contributed by atoms with Gasteiger partial charge in [0.05, 0.1) is 6.04 Å². The Balaban J connectivity index is 3.60. The zero-order valence-corrected chi connectivity index (χ0v) is 7.61. The zero-order chi connectivity index (χ0) is 8.69. The molecule has 0 radical (unpaired) electrons. The lowest BCUT2D eigenvalue weighted by Crippen LogP contribution is -2.37. The van der Waals surface area contributed by atoms with E-state index < -0.39 is 0 Å². The fourth-order valence-electron chi connectivity index (χ4n) is 0.984. The Morgan fingerprint density at radius 3 is 2.55 bits per heavy atom. The average Bonchev–Trinajstić information content (AvgIpc) is 1.97. The molecule has 0 heterocycles. The van der Waals surface area contributed by atoms with Crippen LogP contribution in [0.4, 0.5) is 0 Å². The molecule has 0 aliphatic carbocycles. The third-order valence-corrected chi connectivity index (χ3v) is 1.62. The van der Waals surface area contributed by atoms with Crippen molar-refractivity contribution >= 4 is 5.78 Å². The minimum absolute atomic E-state index is 0.0347. The maximum atomic E-state index is 10.9. The molecule has 0 saturated heterocycles. The van der Waals surface area contributed by atoms with Crippen molar-refractivity contribution in [2.45, 2.75) is 26.3 Å². The van der Waals surface area contributed by atoms with Gasteiger partial charge in [-0.15, -0.1) is 0 Å². The van der Waals surface area contributed by atoms with Crippen LogP contribution in [0.15, 0.2) is 0 Å². The molecule has 0 aromatic carbocycles. The van der Waals surface area contributed by atoms with Crippen LogP contribution in [-0.4, -0.2) is 32.0 Å². The molecule has 66 valence electrons. The third kappa shape index (κ3) is 4.93. The molecule has 11 heavy (non-hydrogen) atoms. The largest absolute Gasteiger partial charge is 0.320 e. The molecule has 0 aromatic heterocycles. The number of Topliss-reactive ketones (excluding diaryl/α,β-unsaturated/α-hetero) is 1. The smallest absolute Gasteiger partial charge is 0.146 e. The SMILES string of the molecule is CCNC(CCNC)C(C)=O. The second kappa shape index (κ2) is 6.31. The molecule has 0 bridgehead atoms. The highest BCUT2D eigenvalue weighted by Gasteiger charge is 2.10. The molecule has 3 heteroatoms. The van der Waals surface area contributed by atoms with Crippen molar-refractivity contribution in [3.05, 3.63) is 0 Å². The summed E-state index contributed by atoms with van der Waals surface area (Å²) >= 11 is 0. The molecular formula is C8H18N2O. The molecule has 0 rings (SSSR count). The number of carbonyl (C=O) groups is 1. The zero-order valence-electron chi connectivity index (χ0n) is 7.61. The van der Waals surface area contributed by atoms with E-state index in [9.17, 15) is 4.79 Å². The lowest BCUT2D eigenvalue weighted by molar-refractivity contribution is -0.119. The van der Waals surface area contributed by atoms with Crippen LogP contribution in [0.1, 0.15) is 20.3 Å². The van der Waals surface area contributed by atoms with Crippen LogP contribution in [-0.2, 0) is 4.79 Å². The molecule has 0 fully saturated rings. The molecule has 1 unspecified atom stereocenters. The number of rotatable bonds is 6. The highest BCUT2D eigenvalue weighted by Crippen LogP contribution is 1.91. The van der Waals surface area contributed by atoms with Gasteiger partial charge in [-0.3, -0.25) is 4.79 Å². The maximum Gasteiger partial charge on any atom is 0.146 e. The van der Waals surface area contributed by atoms with Crippen LogP contribution in [0, 0.1) is 0 Å². The summed E-state index contributed by atoms with van der Waals surface area (Å²) in [5.74, 6) is 0.224. The van der Waals surface area contributed by atoms with Crippen LogP contribution >= 0.6 is 0 Å². The number of carbonyl (C=O) groups excluding carboxylic acids is 1. The molecule has 0 spiro atoms. The summed E-state index contributed by atoms with van der Waals surface area (Å²) in [5.41, 5.74) is 0. The van der Waals surface area contributed by atoms with E-state index in [1.165, 1.54) is 0 Å². The second-order valence-corrected chi connectivity index (χ2v) is 2.61. The fraction of sp³-hybridized carbons (Fsp3) is 0.875. The fourth-order valence-corrected chi connectivity index (χ4v) is 0.984. The molecule has 0 saturated carbocycles. The lowest BCUT2D eigenvalue weighted by atomic mass is 10.1. The molecule has 0 aromatic rings. The van der Waals surface area contributed by atoms with Gasteiger partial charge in [0.2, 0.25) is 0 Å². The van der Waals surface area contributed by atoms with E-state index in [0.29, 0.717) is 0 Å². The first kappa shape index (κ1) is 10.6. The van der Waals surface area contributed by atoms with Crippen molar-refractivity contribution in [1.29, 1.82) is 0 Å². The van der Waals surface area contributed by atoms with Gasteiger partial charge in [0.25, 0.3) is 0 Å². The molecule has 1 atom stereocenters. The summed E-state index contributed by atoms with van der Waals surface area (Å²) in [7, 11) is 1.89. The van der Waals surface area contributed by atoms with Crippen LogP contribution in [0.2, 0.25) is 0 Å². The van der Waals surface area contributed by atoms with Crippen molar-refractivity contribution in [3.8, 4) is 0 Å². The van der Waals surface area contributed by atoms with Crippen molar-refractivity contribution < 1.29 is 4.79 Å². The van der Waals surface area contributed by atoms with Crippen molar-refractivity contribution in [2.24, 2.45) is 0 Å². The van der Waals surface area contributed by atoms with Crippen LogP contribution in [0.5, 0.6) is 0 Å². The van der Waals surface area contributed by atoms with Gasteiger partial charge < -0.3 is 10.6 Å². The van der Waals surface area contributed by atoms with E-state index in [1.807, 2.05) is 14.0 Å². The molecule has 3 nitrogen and oxygen atoms in total. The number of ketones is 1. The summed E-state index contributed by atoms with van der Waals surface area (Å²) in [5, 5.41) is 6.15. The summed E-state index contributed by atoms with van der Waals surface area (Å²) in [6.07, 6.45) is 0.875. The molecule has 0 aliphatic rings. The van der Waals surface area contributed by atoms with Gasteiger partial charge in [0.1, 0.15) is 5.78 Å². The summed E-state index contributed by atoms with van der Waals surface area (Å²) in [6.45, 7) is 5.38. The summed E-state index contributed by atoms with van der Waals surface area (Å²) in [4.78, 5) is 10.9. The highest BCUT2D eigenvalue weighted by molar-refractivity contribution is 5.81. The van der Waals surface area contributed by atoms with Gasteiger partial charge in [-0.05, 0) is 33.5 Å². The standard InChI is InChI=1S/C8H18N2O/c1-4-10-8(7(2)11)5-6-9-3/h8-10H,4-6H2,1-3H3. The first-order chi connectivity index (χ1) is 5.22. The Bertz CT molecular complexity index is 115. The summed E-state index contributed by atoms with van der Waals surface area (Å²) in [6, 6.07) is 0.0347. The van der Waals surface area contributed by atoms with Gasteiger partial charge in [-0.1, -0.05) is 6.92 Å². The number of nitrogens with one attached hydrogen (secondary N) is 2. The molecular weight excluding hydrogens is 140 g/mol. The van der Waals surface area contributed by atoms with Crippen LogP contribution in [0.25, 0.3) is 0 Å². The Labute approximate surface area is 68.6 Å². The number of hydrogen-bond donors (Lipinski definition) is 2. The highest BCUT2D eigenvalue weighted by atomic mass is 16.1. The summed E-state index contributed by atoms with van der Waals surface area (Å²) < 4.78 is 0. The quantitative estimate of drug-likeness (QED) is 0.578. The minimum Gasteiger partial charge on any atom is -0.320 e. The van der Waals surface area contributed by atoms with E-state index in [4.69, 9.17) is 0 Å². The number of likely N-dealkylation sites (N-methyl/N-ethyl adjacent to an activating group) is 1. The van der Waals surface area contributed by atoms with E-state index in [2.05, 4.69) is 10.6 Å². The Morgan fingerprint density at radius 2 is 2.18 bits per heavy atom. The lowest BCUT2D eigenvalue weighted by Gasteiger charge is -2.13. The van der Waals surface area contributed by atoms with Crippen molar-refractivity contribution in [3.63, 3.8) is 0 Å². The van der Waals surface area contributed by atoms with Gasteiger partial charge in [0, 0.05) is 0 Å². The van der Waals surface area contributed by atoms with Gasteiger partial charge in [-0.25, -0.2) is 0 Å². The van der Waals surface area contributed by atoms with E-state index in [-0.39, 0.29) is 11.8 Å². The van der Waals surface area contributed by atoms with Crippen molar-refractivity contribution in [1.82, 2.24) is 10.6 Å². The minimum atomic E-state index is 0.0347. The average molecular weight is 158 g/mol.